The summed E-state index contributed by atoms with van der Waals surface area (Å²) in [5, 5.41) is 11.2. The van der Waals surface area contributed by atoms with Crippen molar-refractivity contribution in [2.24, 2.45) is 0 Å². The number of methoxy groups -OCH3 is 1. The van der Waals surface area contributed by atoms with E-state index in [9.17, 15) is 4.79 Å². The molecule has 1 aliphatic heterocycles. The molecule has 1 unspecified atom stereocenters. The van der Waals surface area contributed by atoms with Crippen LogP contribution in [0.5, 0.6) is 5.75 Å². The summed E-state index contributed by atoms with van der Waals surface area (Å²) < 4.78 is 7.55. The van der Waals surface area contributed by atoms with Crippen molar-refractivity contribution in [1.82, 2.24) is 14.3 Å². The fraction of sp³-hybridized carbons (Fsp3) is 0.476. The third-order valence-corrected chi connectivity index (χ3v) is 5.99. The van der Waals surface area contributed by atoms with Crippen molar-refractivity contribution in [2.75, 3.05) is 32.1 Å². The monoisotopic (exact) mass is 415 g/mol. The first-order valence-electron chi connectivity index (χ1n) is 10.0. The summed E-state index contributed by atoms with van der Waals surface area (Å²) in [6.07, 6.45) is 2.95. The lowest BCUT2D eigenvalue weighted by atomic mass is 9.98. The van der Waals surface area contributed by atoms with Crippen LogP contribution in [0.3, 0.4) is 0 Å². The minimum absolute atomic E-state index is 0.157. The average molecular weight is 416 g/mol. The average Bonchev–Trinajstić information content (AvgIpc) is 2.72. The zero-order valence-corrected chi connectivity index (χ0v) is 18.1. The molecule has 8 heteroatoms. The van der Waals surface area contributed by atoms with Crippen molar-refractivity contribution in [3.8, 4) is 5.75 Å². The number of ether oxygens (including phenoxy) is 1. The van der Waals surface area contributed by atoms with E-state index < -0.39 is 0 Å². The Hall–Kier alpha value is -2.32. The van der Waals surface area contributed by atoms with Crippen LogP contribution >= 0.6 is 11.9 Å². The van der Waals surface area contributed by atoms with Gasteiger partial charge in [0.05, 0.1) is 7.11 Å². The van der Waals surface area contributed by atoms with Gasteiger partial charge in [0, 0.05) is 36.2 Å². The number of benzene rings is 1. The Kier molecular flexibility index (Phi) is 7.33. The molecule has 156 valence electrons. The second-order valence-corrected chi connectivity index (χ2v) is 8.39. The molecule has 29 heavy (non-hydrogen) atoms. The first kappa shape index (κ1) is 21.4. The van der Waals surface area contributed by atoms with Crippen LogP contribution in [0.2, 0.25) is 0 Å². The molecule has 1 aromatic carbocycles. The van der Waals surface area contributed by atoms with E-state index in [2.05, 4.69) is 33.7 Å². The molecular weight excluding hydrogens is 386 g/mol. The molecule has 0 bridgehead atoms. The Balaban J connectivity index is 1.77. The van der Waals surface area contributed by atoms with Crippen molar-refractivity contribution < 1.29 is 4.74 Å². The van der Waals surface area contributed by atoms with Crippen LogP contribution in [-0.2, 0) is 0 Å². The first-order valence-corrected chi connectivity index (χ1v) is 10.8. The summed E-state index contributed by atoms with van der Waals surface area (Å²) in [4.78, 5) is 21.5. The molecule has 2 aromatic rings. The van der Waals surface area contributed by atoms with Gasteiger partial charge in [0.2, 0.25) is 0 Å². The lowest BCUT2D eigenvalue weighted by Crippen LogP contribution is -2.32. The zero-order valence-electron chi connectivity index (χ0n) is 17.2. The number of hydrogen-bond acceptors (Lipinski definition) is 7. The highest BCUT2D eigenvalue weighted by Crippen LogP contribution is 2.32. The topological polar surface area (TPSA) is 94.1 Å². The van der Waals surface area contributed by atoms with Crippen LogP contribution in [0.4, 0.5) is 5.82 Å². The quantitative estimate of drug-likeness (QED) is 0.447. The fourth-order valence-corrected chi connectivity index (χ4v) is 4.47. The Morgan fingerprint density at radius 3 is 2.83 bits per heavy atom. The van der Waals surface area contributed by atoms with E-state index in [1.165, 1.54) is 0 Å². The third-order valence-electron chi connectivity index (χ3n) is 4.92. The van der Waals surface area contributed by atoms with Gasteiger partial charge in [-0.15, -0.1) is 0 Å². The Bertz CT molecular complexity index is 897. The predicted octanol–water partition coefficient (Wildman–Crippen LogP) is 3.87. The Labute approximate surface area is 175 Å². The number of anilines is 1. The highest BCUT2D eigenvalue weighted by Gasteiger charge is 2.25. The van der Waals surface area contributed by atoms with E-state index in [4.69, 9.17) is 15.1 Å². The van der Waals surface area contributed by atoms with Gasteiger partial charge in [0.25, 0.3) is 5.56 Å². The number of aromatic amines is 1. The summed E-state index contributed by atoms with van der Waals surface area (Å²) in [5.41, 5.74) is 0.327. The van der Waals surface area contributed by atoms with Gasteiger partial charge >= 0.3 is 0 Å². The molecule has 2 heterocycles. The summed E-state index contributed by atoms with van der Waals surface area (Å²) >= 11 is 1.72. The highest BCUT2D eigenvalue weighted by atomic mass is 32.2. The van der Waals surface area contributed by atoms with E-state index in [0.717, 1.165) is 49.5 Å². The largest absolute Gasteiger partial charge is 0.497 e. The lowest BCUT2D eigenvalue weighted by molar-refractivity contribution is 0.334. The van der Waals surface area contributed by atoms with Gasteiger partial charge in [0.1, 0.15) is 23.0 Å². The molecule has 0 saturated carbocycles. The van der Waals surface area contributed by atoms with Crippen molar-refractivity contribution in [3.05, 3.63) is 46.0 Å². The number of H-pyrrole nitrogens is 1. The van der Waals surface area contributed by atoms with Crippen LogP contribution < -0.4 is 15.6 Å². The zero-order chi connectivity index (χ0) is 20.8. The van der Waals surface area contributed by atoms with E-state index >= 15 is 0 Å². The van der Waals surface area contributed by atoms with Crippen LogP contribution in [0, 0.1) is 5.41 Å². The van der Waals surface area contributed by atoms with Gasteiger partial charge in [-0.25, -0.2) is 9.29 Å². The number of rotatable bonds is 8. The minimum atomic E-state index is -0.235. The van der Waals surface area contributed by atoms with Crippen molar-refractivity contribution in [3.63, 3.8) is 0 Å². The second-order valence-electron chi connectivity index (χ2n) is 7.22. The SMILES string of the molecule is CCCNc1nc(C2CCCN(Sc3ccc(OC)cc3)C2)[nH]c(=O)c1C(C)=N. The third kappa shape index (κ3) is 5.39. The maximum atomic E-state index is 12.6. The molecule has 1 fully saturated rings. The van der Waals surface area contributed by atoms with Crippen LogP contribution in [0.1, 0.15) is 50.4 Å². The van der Waals surface area contributed by atoms with E-state index in [1.807, 2.05) is 12.1 Å². The maximum Gasteiger partial charge on any atom is 0.262 e. The van der Waals surface area contributed by atoms with Gasteiger partial charge in [-0.1, -0.05) is 6.92 Å². The summed E-state index contributed by atoms with van der Waals surface area (Å²) in [6, 6.07) is 8.04. The standard InChI is InChI=1S/C21H29N5O2S/c1-4-11-23-20-18(14(2)22)21(27)25-19(24-20)15-6-5-12-26(13-15)29-17-9-7-16(28-3)8-10-17/h7-10,15,22H,4-6,11-13H2,1-3H3,(H2,23,24,25,27). The van der Waals surface area contributed by atoms with Gasteiger partial charge < -0.3 is 20.4 Å². The van der Waals surface area contributed by atoms with E-state index in [0.29, 0.717) is 17.2 Å². The lowest BCUT2D eigenvalue weighted by Gasteiger charge is -2.31. The molecule has 1 atom stereocenters. The molecule has 0 aliphatic carbocycles. The molecule has 7 nitrogen and oxygen atoms in total. The van der Waals surface area contributed by atoms with Gasteiger partial charge in [-0.05, 0) is 62.4 Å². The van der Waals surface area contributed by atoms with Gasteiger partial charge in [-0.2, -0.15) is 0 Å². The van der Waals surface area contributed by atoms with Gasteiger partial charge in [-0.3, -0.25) is 4.79 Å². The van der Waals surface area contributed by atoms with Crippen molar-refractivity contribution >= 4 is 23.5 Å². The second kappa shape index (κ2) is 9.93. The smallest absolute Gasteiger partial charge is 0.262 e. The number of hydrogen-bond donors (Lipinski definition) is 3. The van der Waals surface area contributed by atoms with Gasteiger partial charge in [0.15, 0.2) is 0 Å². The highest BCUT2D eigenvalue weighted by molar-refractivity contribution is 7.97. The van der Waals surface area contributed by atoms with Crippen molar-refractivity contribution in [1.29, 1.82) is 5.41 Å². The molecule has 1 saturated heterocycles. The van der Waals surface area contributed by atoms with Crippen LogP contribution in [0.15, 0.2) is 34.0 Å². The molecule has 3 rings (SSSR count). The molecule has 0 amide bonds. The number of piperidine rings is 1. The molecule has 1 aromatic heterocycles. The first-order chi connectivity index (χ1) is 14.0. The molecule has 0 radical (unpaired) electrons. The Morgan fingerprint density at radius 1 is 1.41 bits per heavy atom. The molecule has 3 N–H and O–H groups in total. The van der Waals surface area contributed by atoms with Crippen molar-refractivity contribution in [2.45, 2.75) is 43.9 Å². The molecular formula is C21H29N5O2S. The van der Waals surface area contributed by atoms with Crippen LogP contribution in [0.25, 0.3) is 0 Å². The Morgan fingerprint density at radius 2 is 2.17 bits per heavy atom. The maximum absolute atomic E-state index is 12.6. The fourth-order valence-electron chi connectivity index (χ4n) is 3.44. The summed E-state index contributed by atoms with van der Waals surface area (Å²) in [5.74, 6) is 2.24. The minimum Gasteiger partial charge on any atom is -0.497 e. The predicted molar refractivity (Wildman–Crippen MR) is 119 cm³/mol. The number of nitrogens with one attached hydrogen (secondary N) is 3. The van der Waals surface area contributed by atoms with Crippen LogP contribution in [-0.4, -0.2) is 46.7 Å². The van der Waals surface area contributed by atoms with E-state index in [-0.39, 0.29) is 17.2 Å². The summed E-state index contributed by atoms with van der Waals surface area (Å²) in [6.45, 7) is 6.22. The number of nitrogens with zero attached hydrogens (tertiary/aromatic N) is 2. The number of aromatic nitrogens is 2. The molecule has 0 spiro atoms. The summed E-state index contributed by atoms with van der Waals surface area (Å²) in [7, 11) is 1.67. The van der Waals surface area contributed by atoms with E-state index in [1.54, 1.807) is 26.0 Å². The molecule has 1 aliphatic rings. The normalized spacial score (nSPS) is 17.1.